The molecule has 1 aromatic heterocycles. The van der Waals surface area contributed by atoms with Crippen molar-refractivity contribution in [3.05, 3.63) is 53.7 Å². The van der Waals surface area contributed by atoms with Crippen molar-refractivity contribution in [3.8, 4) is 17.6 Å². The lowest BCUT2D eigenvalue weighted by molar-refractivity contribution is 0.252. The molecule has 1 aliphatic rings. The molecular weight excluding hydrogens is 352 g/mol. The topological polar surface area (TPSA) is 72.5 Å². The summed E-state index contributed by atoms with van der Waals surface area (Å²) in [6, 6.07) is 13.5. The standard InChI is InChI=1S/C22H22N4O2/c1-3-25-19(21(23)18-10-9-17(28-2)14-20(18)25)11-6-15-4-7-16(8-5-15)26-13-12-24-22(26)27/h4-5,7-10,14H,3,12-13,23H2,1-2H3,(H,24,27). The first kappa shape index (κ1) is 17.8. The summed E-state index contributed by atoms with van der Waals surface area (Å²) in [7, 11) is 1.65. The number of aryl methyl sites for hydroxylation is 1. The minimum absolute atomic E-state index is 0.0606. The molecule has 1 aliphatic heterocycles. The summed E-state index contributed by atoms with van der Waals surface area (Å²) in [6.07, 6.45) is 0. The van der Waals surface area contributed by atoms with E-state index in [1.807, 2.05) is 42.5 Å². The summed E-state index contributed by atoms with van der Waals surface area (Å²) >= 11 is 0. The Morgan fingerprint density at radius 2 is 1.96 bits per heavy atom. The summed E-state index contributed by atoms with van der Waals surface area (Å²) in [5.41, 5.74) is 10.6. The molecule has 0 spiro atoms. The number of ether oxygens (including phenoxy) is 1. The van der Waals surface area contributed by atoms with E-state index in [2.05, 4.69) is 28.6 Å². The number of nitrogens with two attached hydrogens (primary N) is 1. The molecule has 0 radical (unpaired) electrons. The normalized spacial score (nSPS) is 13.4. The van der Waals surface area contributed by atoms with Gasteiger partial charge in [0.1, 0.15) is 11.4 Å². The highest BCUT2D eigenvalue weighted by molar-refractivity contribution is 5.96. The zero-order valence-corrected chi connectivity index (χ0v) is 16.0. The number of carbonyl (C=O) groups is 1. The van der Waals surface area contributed by atoms with Crippen LogP contribution in [0.25, 0.3) is 10.9 Å². The van der Waals surface area contributed by atoms with Crippen LogP contribution >= 0.6 is 0 Å². The molecule has 0 unspecified atom stereocenters. The maximum atomic E-state index is 11.8. The molecule has 6 nitrogen and oxygen atoms in total. The van der Waals surface area contributed by atoms with Crippen molar-refractivity contribution in [1.29, 1.82) is 0 Å². The minimum Gasteiger partial charge on any atom is -0.497 e. The van der Waals surface area contributed by atoms with Crippen molar-refractivity contribution in [2.75, 3.05) is 30.8 Å². The van der Waals surface area contributed by atoms with Gasteiger partial charge in [-0.25, -0.2) is 4.79 Å². The number of anilines is 2. The smallest absolute Gasteiger partial charge is 0.321 e. The SMILES string of the molecule is CCn1c(C#Cc2ccc(N3CCNC3=O)cc2)c(N)c2ccc(OC)cc21. The third-order valence-corrected chi connectivity index (χ3v) is 4.99. The Bertz CT molecular complexity index is 1100. The maximum absolute atomic E-state index is 11.8. The monoisotopic (exact) mass is 374 g/mol. The Morgan fingerprint density at radius 3 is 2.61 bits per heavy atom. The van der Waals surface area contributed by atoms with Crippen LogP contribution in [0.1, 0.15) is 18.2 Å². The van der Waals surface area contributed by atoms with Gasteiger partial charge in [0.25, 0.3) is 0 Å². The predicted molar refractivity (Wildman–Crippen MR) is 112 cm³/mol. The van der Waals surface area contributed by atoms with Gasteiger partial charge in [0, 0.05) is 42.3 Å². The second-order valence-corrected chi connectivity index (χ2v) is 6.57. The molecule has 0 saturated carbocycles. The number of nitrogen functional groups attached to an aromatic ring is 1. The fourth-order valence-corrected chi connectivity index (χ4v) is 3.52. The van der Waals surface area contributed by atoms with Gasteiger partial charge < -0.3 is 20.4 Å². The van der Waals surface area contributed by atoms with Crippen LogP contribution in [0.2, 0.25) is 0 Å². The highest BCUT2D eigenvalue weighted by Crippen LogP contribution is 2.31. The lowest BCUT2D eigenvalue weighted by Crippen LogP contribution is -2.27. The number of fused-ring (bicyclic) bond motifs is 1. The molecule has 0 bridgehead atoms. The fraction of sp³-hybridized carbons (Fsp3) is 0.227. The predicted octanol–water partition coefficient (Wildman–Crippen LogP) is 3.18. The maximum Gasteiger partial charge on any atom is 0.321 e. The van der Waals surface area contributed by atoms with E-state index in [0.29, 0.717) is 18.8 Å². The first-order valence-electron chi connectivity index (χ1n) is 9.25. The number of nitrogens with one attached hydrogen (secondary N) is 1. The van der Waals surface area contributed by atoms with Gasteiger partial charge in [-0.15, -0.1) is 0 Å². The number of rotatable bonds is 3. The molecule has 6 heteroatoms. The van der Waals surface area contributed by atoms with Crippen LogP contribution in [0.3, 0.4) is 0 Å². The molecule has 0 aliphatic carbocycles. The zero-order chi connectivity index (χ0) is 19.7. The molecule has 2 aromatic carbocycles. The van der Waals surface area contributed by atoms with Crippen molar-refractivity contribution >= 4 is 28.3 Å². The second kappa shape index (κ2) is 7.20. The van der Waals surface area contributed by atoms with Gasteiger partial charge in [0.15, 0.2) is 0 Å². The molecule has 4 rings (SSSR count). The Hall–Kier alpha value is -3.59. The molecule has 3 N–H and O–H groups in total. The Balaban J connectivity index is 1.68. The summed E-state index contributed by atoms with van der Waals surface area (Å²) in [4.78, 5) is 13.5. The van der Waals surface area contributed by atoms with Crippen LogP contribution in [0.15, 0.2) is 42.5 Å². The second-order valence-electron chi connectivity index (χ2n) is 6.57. The van der Waals surface area contributed by atoms with Crippen LogP contribution in [-0.4, -0.2) is 30.8 Å². The number of aromatic nitrogens is 1. The number of amides is 2. The van der Waals surface area contributed by atoms with E-state index in [9.17, 15) is 4.79 Å². The third-order valence-electron chi connectivity index (χ3n) is 4.99. The van der Waals surface area contributed by atoms with Crippen LogP contribution in [0.5, 0.6) is 5.75 Å². The van der Waals surface area contributed by atoms with Crippen LogP contribution in [0, 0.1) is 11.8 Å². The zero-order valence-electron chi connectivity index (χ0n) is 16.0. The number of carbonyl (C=O) groups excluding carboxylic acids is 1. The lowest BCUT2D eigenvalue weighted by atomic mass is 10.2. The average molecular weight is 374 g/mol. The molecule has 0 atom stereocenters. The van der Waals surface area contributed by atoms with Gasteiger partial charge in [-0.1, -0.05) is 5.92 Å². The van der Waals surface area contributed by atoms with E-state index in [-0.39, 0.29) is 6.03 Å². The van der Waals surface area contributed by atoms with Gasteiger partial charge in [-0.05, 0) is 49.2 Å². The molecule has 1 fully saturated rings. The number of hydrogen-bond acceptors (Lipinski definition) is 3. The Morgan fingerprint density at radius 1 is 1.18 bits per heavy atom. The highest BCUT2D eigenvalue weighted by atomic mass is 16.5. The largest absolute Gasteiger partial charge is 0.497 e. The Labute approximate surface area is 163 Å². The van der Waals surface area contributed by atoms with E-state index in [0.717, 1.165) is 40.1 Å². The molecular formula is C22H22N4O2. The molecule has 28 heavy (non-hydrogen) atoms. The molecule has 2 heterocycles. The number of methoxy groups -OCH3 is 1. The van der Waals surface area contributed by atoms with Crippen LogP contribution in [0.4, 0.5) is 16.2 Å². The van der Waals surface area contributed by atoms with Gasteiger partial charge in [0.05, 0.1) is 18.3 Å². The fourth-order valence-electron chi connectivity index (χ4n) is 3.52. The molecule has 1 saturated heterocycles. The highest BCUT2D eigenvalue weighted by Gasteiger charge is 2.20. The quantitative estimate of drug-likeness (QED) is 0.692. The van der Waals surface area contributed by atoms with Crippen molar-refractivity contribution in [2.24, 2.45) is 0 Å². The van der Waals surface area contributed by atoms with E-state index in [1.54, 1.807) is 12.0 Å². The van der Waals surface area contributed by atoms with Gasteiger partial charge in [0.2, 0.25) is 0 Å². The van der Waals surface area contributed by atoms with E-state index in [1.165, 1.54) is 0 Å². The summed E-state index contributed by atoms with van der Waals surface area (Å²) in [5.74, 6) is 7.21. The van der Waals surface area contributed by atoms with Gasteiger partial charge >= 0.3 is 6.03 Å². The molecule has 2 amide bonds. The Kier molecular flexibility index (Phi) is 4.58. The molecule has 142 valence electrons. The lowest BCUT2D eigenvalue weighted by Gasteiger charge is -2.13. The van der Waals surface area contributed by atoms with Crippen LogP contribution < -0.4 is 20.7 Å². The van der Waals surface area contributed by atoms with Crippen molar-refractivity contribution in [2.45, 2.75) is 13.5 Å². The number of nitrogens with zero attached hydrogens (tertiary/aromatic N) is 2. The number of hydrogen-bond donors (Lipinski definition) is 2. The number of urea groups is 1. The first-order chi connectivity index (χ1) is 13.6. The van der Waals surface area contributed by atoms with Gasteiger partial charge in [-0.3, -0.25) is 4.90 Å². The summed E-state index contributed by atoms with van der Waals surface area (Å²) in [5, 5.41) is 3.78. The van der Waals surface area contributed by atoms with Crippen molar-refractivity contribution < 1.29 is 9.53 Å². The van der Waals surface area contributed by atoms with E-state index < -0.39 is 0 Å². The van der Waals surface area contributed by atoms with Crippen molar-refractivity contribution in [3.63, 3.8) is 0 Å². The minimum atomic E-state index is -0.0606. The third kappa shape index (κ3) is 3.01. The molecule has 3 aromatic rings. The summed E-state index contributed by atoms with van der Waals surface area (Å²) < 4.78 is 7.44. The average Bonchev–Trinajstić information content (AvgIpc) is 3.27. The van der Waals surface area contributed by atoms with Crippen molar-refractivity contribution in [1.82, 2.24) is 9.88 Å². The van der Waals surface area contributed by atoms with E-state index in [4.69, 9.17) is 10.5 Å². The first-order valence-corrected chi connectivity index (χ1v) is 9.25. The summed E-state index contributed by atoms with van der Waals surface area (Å²) in [6.45, 7) is 4.18. The van der Waals surface area contributed by atoms with Crippen LogP contribution in [-0.2, 0) is 6.54 Å². The van der Waals surface area contributed by atoms with Gasteiger partial charge in [-0.2, -0.15) is 0 Å². The number of benzene rings is 2. The van der Waals surface area contributed by atoms with E-state index >= 15 is 0 Å².